The summed E-state index contributed by atoms with van der Waals surface area (Å²) < 4.78 is 0. The highest BCUT2D eigenvalue weighted by Gasteiger charge is 2.39. The van der Waals surface area contributed by atoms with Gasteiger partial charge in [0.05, 0.1) is 5.41 Å². The summed E-state index contributed by atoms with van der Waals surface area (Å²) in [6, 6.07) is 7.90. The zero-order valence-corrected chi connectivity index (χ0v) is 12.8. The second-order valence-corrected chi connectivity index (χ2v) is 5.75. The van der Waals surface area contributed by atoms with Crippen LogP contribution in [0, 0.1) is 5.41 Å². The monoisotopic (exact) mass is 289 g/mol. The van der Waals surface area contributed by atoms with Crippen molar-refractivity contribution in [2.75, 3.05) is 11.4 Å². The third kappa shape index (κ3) is 2.94. The Labute approximate surface area is 125 Å². The van der Waals surface area contributed by atoms with Crippen molar-refractivity contribution in [3.05, 3.63) is 29.8 Å². The highest BCUT2D eigenvalue weighted by atomic mass is 16.4. The average molecular weight is 289 g/mol. The van der Waals surface area contributed by atoms with Gasteiger partial charge in [-0.1, -0.05) is 32.0 Å². The van der Waals surface area contributed by atoms with Gasteiger partial charge in [-0.3, -0.25) is 9.59 Å². The Balaban J connectivity index is 2.24. The fourth-order valence-electron chi connectivity index (χ4n) is 3.06. The maximum atomic E-state index is 12.7. The molecule has 4 heteroatoms. The minimum atomic E-state index is -0.941. The van der Waals surface area contributed by atoms with E-state index in [1.54, 1.807) is 4.90 Å². The number of aryl methyl sites for hydroxylation is 1. The summed E-state index contributed by atoms with van der Waals surface area (Å²) in [5.41, 5.74) is 1.18. The van der Waals surface area contributed by atoms with Gasteiger partial charge in [-0.25, -0.2) is 0 Å². The normalized spacial score (nSPS) is 14.7. The molecular weight excluding hydrogens is 266 g/mol. The molecule has 0 radical (unpaired) electrons. The molecule has 0 aliphatic carbocycles. The van der Waals surface area contributed by atoms with E-state index >= 15 is 0 Å². The number of carboxylic acids is 1. The molecule has 0 saturated carbocycles. The summed E-state index contributed by atoms with van der Waals surface area (Å²) in [5.74, 6) is -0.945. The first-order valence-electron chi connectivity index (χ1n) is 7.65. The second-order valence-electron chi connectivity index (χ2n) is 5.75. The molecule has 2 rings (SSSR count). The highest BCUT2D eigenvalue weighted by molar-refractivity contribution is 5.97. The fraction of sp³-hybridized carbons (Fsp3) is 0.529. The van der Waals surface area contributed by atoms with Gasteiger partial charge in [0.1, 0.15) is 0 Å². The number of carbonyl (C=O) groups is 2. The number of aliphatic carboxylic acids is 1. The van der Waals surface area contributed by atoms with Crippen LogP contribution in [0.4, 0.5) is 5.69 Å². The van der Waals surface area contributed by atoms with Gasteiger partial charge in [0, 0.05) is 18.7 Å². The van der Waals surface area contributed by atoms with E-state index in [4.69, 9.17) is 0 Å². The predicted octanol–water partition coefficient (Wildman–Crippen LogP) is 3.25. The van der Waals surface area contributed by atoms with Crippen molar-refractivity contribution in [3.8, 4) is 0 Å². The Bertz CT molecular complexity index is 535. The molecule has 0 spiro atoms. The SMILES string of the molecule is CCC(CC)(CC(=O)N1CCCc2ccccc21)C(=O)O. The number of carbonyl (C=O) groups excluding carboxylic acids is 1. The molecule has 21 heavy (non-hydrogen) atoms. The zero-order chi connectivity index (χ0) is 15.5. The van der Waals surface area contributed by atoms with Gasteiger partial charge in [-0.05, 0) is 37.3 Å². The lowest BCUT2D eigenvalue weighted by molar-refractivity contribution is -0.152. The summed E-state index contributed by atoms with van der Waals surface area (Å²) in [6.45, 7) is 4.36. The maximum absolute atomic E-state index is 12.7. The number of rotatable bonds is 5. The van der Waals surface area contributed by atoms with Crippen LogP contribution in [0.5, 0.6) is 0 Å². The van der Waals surface area contributed by atoms with Crippen LogP contribution in [-0.4, -0.2) is 23.5 Å². The Hall–Kier alpha value is -1.84. The molecule has 0 atom stereocenters. The molecule has 0 bridgehead atoms. The van der Waals surface area contributed by atoms with Crippen LogP contribution in [-0.2, 0) is 16.0 Å². The fourth-order valence-corrected chi connectivity index (χ4v) is 3.06. The molecule has 0 fully saturated rings. The predicted molar refractivity (Wildman–Crippen MR) is 82.4 cm³/mol. The summed E-state index contributed by atoms with van der Waals surface area (Å²) >= 11 is 0. The van der Waals surface area contributed by atoms with E-state index in [-0.39, 0.29) is 12.3 Å². The number of hydrogen-bond donors (Lipinski definition) is 1. The number of anilines is 1. The van der Waals surface area contributed by atoms with Crippen molar-refractivity contribution in [3.63, 3.8) is 0 Å². The van der Waals surface area contributed by atoms with Crippen LogP contribution in [0.15, 0.2) is 24.3 Å². The molecule has 0 saturated heterocycles. The van der Waals surface area contributed by atoms with Gasteiger partial charge in [0.15, 0.2) is 0 Å². The van der Waals surface area contributed by atoms with E-state index in [1.165, 1.54) is 5.56 Å². The van der Waals surface area contributed by atoms with E-state index in [0.29, 0.717) is 19.4 Å². The van der Waals surface area contributed by atoms with Crippen molar-refractivity contribution in [1.29, 1.82) is 0 Å². The lowest BCUT2D eigenvalue weighted by Crippen LogP contribution is -2.41. The maximum Gasteiger partial charge on any atom is 0.310 e. The Kier molecular flexibility index (Phi) is 4.66. The number of amides is 1. The molecule has 4 nitrogen and oxygen atoms in total. The summed E-state index contributed by atoms with van der Waals surface area (Å²) in [6.07, 6.45) is 2.93. The Morgan fingerprint density at radius 1 is 1.24 bits per heavy atom. The van der Waals surface area contributed by atoms with Crippen LogP contribution in [0.25, 0.3) is 0 Å². The van der Waals surface area contributed by atoms with E-state index in [1.807, 2.05) is 38.1 Å². The lowest BCUT2D eigenvalue weighted by atomic mass is 9.78. The number of fused-ring (bicyclic) bond motifs is 1. The van der Waals surface area contributed by atoms with Crippen LogP contribution in [0.2, 0.25) is 0 Å². The summed E-state index contributed by atoms with van der Waals surface area (Å²) in [4.78, 5) is 26.0. The van der Waals surface area contributed by atoms with Crippen molar-refractivity contribution in [2.24, 2.45) is 5.41 Å². The standard InChI is InChI=1S/C17H23NO3/c1-3-17(4-2,16(20)21)12-15(19)18-11-7-9-13-8-5-6-10-14(13)18/h5-6,8,10H,3-4,7,9,11-12H2,1-2H3,(H,20,21). The highest BCUT2D eigenvalue weighted by Crippen LogP contribution is 2.34. The number of nitrogens with zero attached hydrogens (tertiary/aromatic N) is 1. The molecule has 1 aliphatic rings. The third-order valence-corrected chi connectivity index (χ3v) is 4.71. The zero-order valence-electron chi connectivity index (χ0n) is 12.8. The van der Waals surface area contributed by atoms with E-state index in [2.05, 4.69) is 0 Å². The number of para-hydroxylation sites is 1. The van der Waals surface area contributed by atoms with Gasteiger partial charge in [-0.15, -0.1) is 0 Å². The van der Waals surface area contributed by atoms with Crippen molar-refractivity contribution in [2.45, 2.75) is 46.0 Å². The van der Waals surface area contributed by atoms with Gasteiger partial charge in [0.2, 0.25) is 5.91 Å². The topological polar surface area (TPSA) is 57.6 Å². The van der Waals surface area contributed by atoms with Crippen molar-refractivity contribution >= 4 is 17.6 Å². The number of hydrogen-bond acceptors (Lipinski definition) is 2. The van der Waals surface area contributed by atoms with E-state index in [0.717, 1.165) is 18.5 Å². The summed E-state index contributed by atoms with van der Waals surface area (Å²) in [7, 11) is 0. The molecule has 114 valence electrons. The molecule has 1 amide bonds. The Morgan fingerprint density at radius 3 is 2.52 bits per heavy atom. The first-order chi connectivity index (χ1) is 10.0. The van der Waals surface area contributed by atoms with Gasteiger partial charge in [-0.2, -0.15) is 0 Å². The molecule has 0 unspecified atom stereocenters. The molecule has 0 aromatic heterocycles. The van der Waals surface area contributed by atoms with Crippen LogP contribution in [0.3, 0.4) is 0 Å². The van der Waals surface area contributed by atoms with Crippen molar-refractivity contribution in [1.82, 2.24) is 0 Å². The minimum Gasteiger partial charge on any atom is -0.481 e. The molecule has 1 N–H and O–H groups in total. The number of carboxylic acid groups (broad SMARTS) is 1. The summed E-state index contributed by atoms with van der Waals surface area (Å²) in [5, 5.41) is 9.50. The molecule has 1 aromatic rings. The van der Waals surface area contributed by atoms with Crippen LogP contribution < -0.4 is 4.90 Å². The molecule has 1 heterocycles. The third-order valence-electron chi connectivity index (χ3n) is 4.71. The largest absolute Gasteiger partial charge is 0.481 e. The van der Waals surface area contributed by atoms with E-state index < -0.39 is 11.4 Å². The molecule has 1 aromatic carbocycles. The smallest absolute Gasteiger partial charge is 0.310 e. The van der Waals surface area contributed by atoms with Gasteiger partial charge >= 0.3 is 5.97 Å². The minimum absolute atomic E-state index is 0.0731. The van der Waals surface area contributed by atoms with Gasteiger partial charge in [0.25, 0.3) is 0 Å². The van der Waals surface area contributed by atoms with Crippen LogP contribution >= 0.6 is 0 Å². The molecular formula is C17H23NO3. The second kappa shape index (κ2) is 6.29. The first kappa shape index (κ1) is 15.5. The first-order valence-corrected chi connectivity index (χ1v) is 7.65. The number of benzene rings is 1. The average Bonchev–Trinajstić information content (AvgIpc) is 2.51. The quantitative estimate of drug-likeness (QED) is 0.905. The molecule has 1 aliphatic heterocycles. The lowest BCUT2D eigenvalue weighted by Gasteiger charge is -2.33. The van der Waals surface area contributed by atoms with E-state index in [9.17, 15) is 14.7 Å². The van der Waals surface area contributed by atoms with Crippen LogP contribution in [0.1, 0.15) is 45.1 Å². The Morgan fingerprint density at radius 2 is 1.90 bits per heavy atom. The van der Waals surface area contributed by atoms with Gasteiger partial charge < -0.3 is 10.0 Å². The van der Waals surface area contributed by atoms with Crippen molar-refractivity contribution < 1.29 is 14.7 Å².